The maximum Gasteiger partial charge on any atom is 0.0133 e. The Bertz CT molecular complexity index is 124. The molecular formula is C8H13N. The number of rotatable bonds is 2. The molecule has 0 saturated carbocycles. The van der Waals surface area contributed by atoms with Crippen LogP contribution in [0.15, 0.2) is 24.3 Å². The Labute approximate surface area is 56.5 Å². The summed E-state index contributed by atoms with van der Waals surface area (Å²) < 4.78 is 0. The van der Waals surface area contributed by atoms with Crippen molar-refractivity contribution in [1.82, 2.24) is 5.32 Å². The van der Waals surface area contributed by atoms with Crippen LogP contribution >= 0.6 is 0 Å². The van der Waals surface area contributed by atoms with Gasteiger partial charge in [0.1, 0.15) is 0 Å². The lowest BCUT2D eigenvalue weighted by Crippen LogP contribution is -2.27. The Morgan fingerprint density at radius 1 is 1.33 bits per heavy atom. The fraction of sp³-hybridized carbons (Fsp3) is 0.500. The molecule has 9 heavy (non-hydrogen) atoms. The maximum absolute atomic E-state index is 3.20. The molecule has 1 N–H and O–H groups in total. The summed E-state index contributed by atoms with van der Waals surface area (Å²) in [5, 5.41) is 3.20. The van der Waals surface area contributed by atoms with Crippen molar-refractivity contribution >= 4 is 0 Å². The summed E-state index contributed by atoms with van der Waals surface area (Å²) in [6.45, 7) is 2.19. The topological polar surface area (TPSA) is 12.0 Å². The van der Waals surface area contributed by atoms with Crippen LogP contribution < -0.4 is 5.32 Å². The lowest BCUT2D eigenvalue weighted by Gasteiger charge is -2.13. The van der Waals surface area contributed by atoms with Gasteiger partial charge in [-0.25, -0.2) is 0 Å². The maximum atomic E-state index is 3.20. The lowest BCUT2D eigenvalue weighted by atomic mass is 10.0. The van der Waals surface area contributed by atoms with Gasteiger partial charge >= 0.3 is 0 Å². The van der Waals surface area contributed by atoms with Gasteiger partial charge in [0.15, 0.2) is 0 Å². The summed E-state index contributed by atoms with van der Waals surface area (Å²) in [4.78, 5) is 0. The minimum Gasteiger partial charge on any atom is -0.316 e. The van der Waals surface area contributed by atoms with Crippen LogP contribution in [0.5, 0.6) is 0 Å². The average molecular weight is 123 g/mol. The number of nitrogens with one attached hydrogen (secondary N) is 1. The van der Waals surface area contributed by atoms with Crippen molar-refractivity contribution in [1.29, 1.82) is 0 Å². The van der Waals surface area contributed by atoms with Crippen molar-refractivity contribution in [3.05, 3.63) is 24.3 Å². The van der Waals surface area contributed by atoms with E-state index >= 15 is 0 Å². The van der Waals surface area contributed by atoms with Gasteiger partial charge in [-0.3, -0.25) is 0 Å². The molecule has 0 radical (unpaired) electrons. The minimum absolute atomic E-state index is 0.569. The predicted molar refractivity (Wildman–Crippen MR) is 40.3 cm³/mol. The summed E-state index contributed by atoms with van der Waals surface area (Å²) in [6.07, 6.45) is 8.61. The second-order valence-corrected chi connectivity index (χ2v) is 2.42. The molecule has 0 bridgehead atoms. The molecule has 1 unspecified atom stereocenters. The Hall–Kier alpha value is -0.560. The van der Waals surface area contributed by atoms with E-state index < -0.39 is 0 Å². The van der Waals surface area contributed by atoms with E-state index in [4.69, 9.17) is 0 Å². The molecule has 0 heterocycles. The van der Waals surface area contributed by atoms with Crippen molar-refractivity contribution < 1.29 is 0 Å². The summed E-state index contributed by atoms with van der Waals surface area (Å²) in [7, 11) is 1.99. The van der Waals surface area contributed by atoms with Crippen molar-refractivity contribution in [2.24, 2.45) is 5.92 Å². The highest BCUT2D eigenvalue weighted by molar-refractivity contribution is 5.19. The summed E-state index contributed by atoms with van der Waals surface area (Å²) in [5.74, 6) is 0.606. The first-order valence-corrected chi connectivity index (χ1v) is 3.37. The van der Waals surface area contributed by atoms with E-state index in [1.54, 1.807) is 0 Å². The first kappa shape index (κ1) is 6.56. The number of hydrogen-bond donors (Lipinski definition) is 1. The lowest BCUT2D eigenvalue weighted by molar-refractivity contribution is 0.539. The van der Waals surface area contributed by atoms with Crippen LogP contribution in [-0.2, 0) is 0 Å². The van der Waals surface area contributed by atoms with Crippen LogP contribution in [0.4, 0.5) is 0 Å². The van der Waals surface area contributed by atoms with Gasteiger partial charge in [-0.2, -0.15) is 0 Å². The van der Waals surface area contributed by atoms with E-state index in [2.05, 4.69) is 36.5 Å². The predicted octanol–water partition coefficient (Wildman–Crippen LogP) is 1.34. The van der Waals surface area contributed by atoms with Gasteiger partial charge < -0.3 is 5.32 Å². The van der Waals surface area contributed by atoms with E-state index in [0.29, 0.717) is 12.0 Å². The van der Waals surface area contributed by atoms with Gasteiger partial charge in [0.25, 0.3) is 0 Å². The fourth-order valence-corrected chi connectivity index (χ4v) is 0.975. The molecule has 1 aliphatic rings. The number of hydrogen-bond acceptors (Lipinski definition) is 1. The van der Waals surface area contributed by atoms with Gasteiger partial charge in [-0.05, 0) is 14.0 Å². The molecule has 0 aromatic heterocycles. The van der Waals surface area contributed by atoms with Crippen molar-refractivity contribution in [3.8, 4) is 0 Å². The Morgan fingerprint density at radius 3 is 2.33 bits per heavy atom. The second kappa shape index (κ2) is 2.83. The second-order valence-electron chi connectivity index (χ2n) is 2.42. The molecule has 1 aliphatic carbocycles. The molecule has 0 saturated heterocycles. The van der Waals surface area contributed by atoms with Crippen LogP contribution in [0, 0.1) is 5.92 Å². The third kappa shape index (κ3) is 1.42. The Morgan fingerprint density at radius 2 is 1.89 bits per heavy atom. The zero-order valence-corrected chi connectivity index (χ0v) is 5.96. The van der Waals surface area contributed by atoms with Gasteiger partial charge in [-0.1, -0.05) is 24.3 Å². The highest BCUT2D eigenvalue weighted by Gasteiger charge is 2.09. The molecule has 0 fully saturated rings. The molecule has 0 spiro atoms. The highest BCUT2D eigenvalue weighted by Crippen LogP contribution is 2.12. The Balaban J connectivity index is 2.43. The summed E-state index contributed by atoms with van der Waals surface area (Å²) in [5.41, 5.74) is 0. The highest BCUT2D eigenvalue weighted by atomic mass is 14.9. The van der Waals surface area contributed by atoms with E-state index in [-0.39, 0.29) is 0 Å². The molecule has 0 aromatic carbocycles. The molecule has 1 rings (SSSR count). The van der Waals surface area contributed by atoms with Crippen LogP contribution in [0.2, 0.25) is 0 Å². The van der Waals surface area contributed by atoms with Crippen LogP contribution in [0.3, 0.4) is 0 Å². The van der Waals surface area contributed by atoms with E-state index in [9.17, 15) is 0 Å². The molecule has 0 amide bonds. The Kier molecular flexibility index (Phi) is 2.06. The zero-order chi connectivity index (χ0) is 6.69. The number of allylic oxidation sites excluding steroid dienone is 2. The van der Waals surface area contributed by atoms with Crippen LogP contribution in [0.25, 0.3) is 0 Å². The van der Waals surface area contributed by atoms with E-state index in [1.165, 1.54) is 0 Å². The summed E-state index contributed by atoms with van der Waals surface area (Å²) in [6, 6.07) is 0.569. The van der Waals surface area contributed by atoms with Crippen molar-refractivity contribution in [2.75, 3.05) is 7.05 Å². The first-order valence-electron chi connectivity index (χ1n) is 3.37. The molecule has 0 aliphatic heterocycles. The largest absolute Gasteiger partial charge is 0.316 e. The fourth-order valence-electron chi connectivity index (χ4n) is 0.975. The molecule has 0 aromatic rings. The van der Waals surface area contributed by atoms with Gasteiger partial charge in [0.2, 0.25) is 0 Å². The first-order chi connectivity index (χ1) is 4.34. The van der Waals surface area contributed by atoms with Crippen LogP contribution in [0.1, 0.15) is 6.92 Å². The molecule has 1 atom stereocenters. The standard InChI is InChI=1S/C8H13N/c1-7(9-2)8-5-3-4-6-8/h3-9H,1-2H3. The van der Waals surface area contributed by atoms with Crippen molar-refractivity contribution in [2.45, 2.75) is 13.0 Å². The van der Waals surface area contributed by atoms with Crippen molar-refractivity contribution in [3.63, 3.8) is 0 Å². The quantitative estimate of drug-likeness (QED) is 0.584. The molecular weight excluding hydrogens is 110 g/mol. The zero-order valence-electron chi connectivity index (χ0n) is 5.96. The van der Waals surface area contributed by atoms with E-state index in [0.717, 1.165) is 0 Å². The van der Waals surface area contributed by atoms with Gasteiger partial charge in [0.05, 0.1) is 0 Å². The third-order valence-electron chi connectivity index (χ3n) is 1.81. The minimum atomic E-state index is 0.569. The molecule has 50 valence electrons. The molecule has 1 heteroatoms. The smallest absolute Gasteiger partial charge is 0.0133 e. The summed E-state index contributed by atoms with van der Waals surface area (Å²) >= 11 is 0. The van der Waals surface area contributed by atoms with Gasteiger partial charge in [-0.15, -0.1) is 0 Å². The van der Waals surface area contributed by atoms with Gasteiger partial charge in [0, 0.05) is 12.0 Å². The van der Waals surface area contributed by atoms with Crippen LogP contribution in [-0.4, -0.2) is 13.1 Å². The van der Waals surface area contributed by atoms with E-state index in [1.807, 2.05) is 7.05 Å². The SMILES string of the molecule is CNC(C)C1C=CC=C1. The normalized spacial score (nSPS) is 21.1. The average Bonchev–Trinajstić information content (AvgIpc) is 2.37. The monoisotopic (exact) mass is 123 g/mol. The molecule has 1 nitrogen and oxygen atoms in total. The third-order valence-corrected chi connectivity index (χ3v) is 1.81.